The van der Waals surface area contributed by atoms with Gasteiger partial charge in [0.05, 0.1) is 5.56 Å². The maximum atomic E-state index is 12.1. The SMILES string of the molecule is O=C(c1cccc(C(F)(F)F)c1)C(F)F. The van der Waals surface area contributed by atoms with Gasteiger partial charge in [0.15, 0.2) is 0 Å². The van der Waals surface area contributed by atoms with Crippen molar-refractivity contribution in [2.45, 2.75) is 12.6 Å². The minimum absolute atomic E-state index is 0.411. The maximum absolute atomic E-state index is 12.1. The fraction of sp³-hybridized carbons (Fsp3) is 0.222. The second-order valence-electron chi connectivity index (χ2n) is 2.74. The van der Waals surface area contributed by atoms with Crippen LogP contribution in [0, 0.1) is 0 Å². The summed E-state index contributed by atoms with van der Waals surface area (Å²) in [5.41, 5.74) is -1.76. The average molecular weight is 224 g/mol. The van der Waals surface area contributed by atoms with Gasteiger partial charge in [0.25, 0.3) is 0 Å². The van der Waals surface area contributed by atoms with Crippen molar-refractivity contribution < 1.29 is 26.7 Å². The predicted octanol–water partition coefficient (Wildman–Crippen LogP) is 3.15. The standard InChI is InChI=1S/C9H5F5O/c10-8(11)7(15)5-2-1-3-6(4-5)9(12,13)14/h1-4,8H. The molecular weight excluding hydrogens is 219 g/mol. The molecule has 1 rings (SSSR count). The van der Waals surface area contributed by atoms with E-state index in [1.165, 1.54) is 0 Å². The molecule has 1 aromatic rings. The summed E-state index contributed by atoms with van der Waals surface area (Å²) in [5, 5.41) is 0. The van der Waals surface area contributed by atoms with Crippen LogP contribution in [0.5, 0.6) is 0 Å². The Labute approximate surface area is 81.5 Å². The predicted molar refractivity (Wildman–Crippen MR) is 41.8 cm³/mol. The molecule has 0 radical (unpaired) electrons. The van der Waals surface area contributed by atoms with Crippen LogP contribution >= 0.6 is 0 Å². The largest absolute Gasteiger partial charge is 0.416 e. The second kappa shape index (κ2) is 3.96. The number of benzene rings is 1. The van der Waals surface area contributed by atoms with E-state index in [9.17, 15) is 26.7 Å². The number of carbonyl (C=O) groups excluding carboxylic acids is 1. The van der Waals surface area contributed by atoms with Gasteiger partial charge in [0.2, 0.25) is 5.78 Å². The molecule has 0 saturated carbocycles. The minimum Gasteiger partial charge on any atom is -0.288 e. The first-order chi connectivity index (χ1) is 6.82. The molecule has 82 valence electrons. The van der Waals surface area contributed by atoms with Crippen molar-refractivity contribution in [3.63, 3.8) is 0 Å². The van der Waals surface area contributed by atoms with Crippen molar-refractivity contribution in [1.29, 1.82) is 0 Å². The van der Waals surface area contributed by atoms with Crippen LogP contribution in [-0.4, -0.2) is 12.2 Å². The van der Waals surface area contributed by atoms with E-state index in [1.54, 1.807) is 0 Å². The molecule has 0 amide bonds. The highest BCUT2D eigenvalue weighted by Crippen LogP contribution is 2.29. The van der Waals surface area contributed by atoms with Crippen molar-refractivity contribution in [3.05, 3.63) is 35.4 Å². The lowest BCUT2D eigenvalue weighted by molar-refractivity contribution is -0.137. The first kappa shape index (κ1) is 11.6. The van der Waals surface area contributed by atoms with Crippen LogP contribution in [0.25, 0.3) is 0 Å². The molecule has 0 saturated heterocycles. The Hall–Kier alpha value is -1.46. The van der Waals surface area contributed by atoms with Crippen LogP contribution in [0.15, 0.2) is 24.3 Å². The summed E-state index contributed by atoms with van der Waals surface area (Å²) in [4.78, 5) is 10.7. The van der Waals surface area contributed by atoms with Gasteiger partial charge < -0.3 is 0 Å². The summed E-state index contributed by atoms with van der Waals surface area (Å²) in [5.74, 6) is -1.61. The summed E-state index contributed by atoms with van der Waals surface area (Å²) >= 11 is 0. The van der Waals surface area contributed by atoms with Gasteiger partial charge in [0.1, 0.15) is 0 Å². The summed E-state index contributed by atoms with van der Waals surface area (Å²) in [6.45, 7) is 0. The Morgan fingerprint density at radius 1 is 1.20 bits per heavy atom. The number of halogens is 5. The van der Waals surface area contributed by atoms with E-state index in [1.807, 2.05) is 0 Å². The zero-order valence-electron chi connectivity index (χ0n) is 7.18. The summed E-state index contributed by atoms with van der Waals surface area (Å²) in [6, 6.07) is 2.96. The number of alkyl halides is 5. The number of hydrogen-bond donors (Lipinski definition) is 0. The van der Waals surface area contributed by atoms with Gasteiger partial charge in [-0.05, 0) is 12.1 Å². The second-order valence-corrected chi connectivity index (χ2v) is 2.74. The molecule has 0 atom stereocenters. The molecule has 0 N–H and O–H groups in total. The molecule has 0 aliphatic rings. The fourth-order valence-electron chi connectivity index (χ4n) is 0.975. The highest BCUT2D eigenvalue weighted by atomic mass is 19.4. The van der Waals surface area contributed by atoms with Crippen LogP contribution in [-0.2, 0) is 6.18 Å². The molecule has 0 heterocycles. The van der Waals surface area contributed by atoms with Gasteiger partial charge in [-0.1, -0.05) is 12.1 Å². The van der Waals surface area contributed by atoms with Crippen molar-refractivity contribution in [2.75, 3.05) is 0 Å². The van der Waals surface area contributed by atoms with Crippen molar-refractivity contribution in [1.82, 2.24) is 0 Å². The molecule has 0 bridgehead atoms. The summed E-state index contributed by atoms with van der Waals surface area (Å²) < 4.78 is 60.2. The minimum atomic E-state index is -4.64. The third kappa shape index (κ3) is 2.74. The average Bonchev–Trinajstić information content (AvgIpc) is 2.15. The van der Waals surface area contributed by atoms with Gasteiger partial charge in [-0.15, -0.1) is 0 Å². The first-order valence-corrected chi connectivity index (χ1v) is 3.82. The maximum Gasteiger partial charge on any atom is 0.416 e. The van der Waals surface area contributed by atoms with E-state index in [0.29, 0.717) is 12.1 Å². The topological polar surface area (TPSA) is 17.1 Å². The van der Waals surface area contributed by atoms with Crippen LogP contribution in [0.4, 0.5) is 22.0 Å². The van der Waals surface area contributed by atoms with Crippen LogP contribution < -0.4 is 0 Å². The van der Waals surface area contributed by atoms with Crippen molar-refractivity contribution >= 4 is 5.78 Å². The van der Waals surface area contributed by atoms with Crippen LogP contribution in [0.2, 0.25) is 0 Å². The molecule has 1 aromatic carbocycles. The van der Waals surface area contributed by atoms with Gasteiger partial charge in [0, 0.05) is 5.56 Å². The summed E-state index contributed by atoms with van der Waals surface area (Å²) in [7, 11) is 0. The number of Topliss-reactive ketones (excluding diaryl/α,β-unsaturated/α-hetero) is 1. The lowest BCUT2D eigenvalue weighted by Gasteiger charge is -2.07. The molecule has 0 aliphatic carbocycles. The number of carbonyl (C=O) groups is 1. The van der Waals surface area contributed by atoms with E-state index in [0.717, 1.165) is 12.1 Å². The van der Waals surface area contributed by atoms with Gasteiger partial charge in [-0.3, -0.25) is 4.79 Å². The Kier molecular flexibility index (Phi) is 3.06. The zero-order chi connectivity index (χ0) is 11.6. The third-order valence-corrected chi connectivity index (χ3v) is 1.67. The Morgan fingerprint density at radius 2 is 1.80 bits per heavy atom. The highest BCUT2D eigenvalue weighted by Gasteiger charge is 2.31. The van der Waals surface area contributed by atoms with Crippen molar-refractivity contribution in [2.24, 2.45) is 0 Å². The number of ketones is 1. The van der Waals surface area contributed by atoms with E-state index in [2.05, 4.69) is 0 Å². The van der Waals surface area contributed by atoms with Gasteiger partial charge in [-0.2, -0.15) is 13.2 Å². The van der Waals surface area contributed by atoms with E-state index in [-0.39, 0.29) is 0 Å². The Bertz CT molecular complexity index is 369. The van der Waals surface area contributed by atoms with E-state index in [4.69, 9.17) is 0 Å². The van der Waals surface area contributed by atoms with E-state index < -0.39 is 29.5 Å². The van der Waals surface area contributed by atoms with Crippen LogP contribution in [0.1, 0.15) is 15.9 Å². The van der Waals surface area contributed by atoms with Gasteiger partial charge in [-0.25, -0.2) is 8.78 Å². The summed E-state index contributed by atoms with van der Waals surface area (Å²) in [6.07, 6.45) is -7.94. The molecular formula is C9H5F5O. The Morgan fingerprint density at radius 3 is 2.27 bits per heavy atom. The fourth-order valence-corrected chi connectivity index (χ4v) is 0.975. The number of hydrogen-bond acceptors (Lipinski definition) is 1. The monoisotopic (exact) mass is 224 g/mol. The molecule has 0 fully saturated rings. The molecule has 1 nitrogen and oxygen atoms in total. The quantitative estimate of drug-likeness (QED) is 0.557. The lowest BCUT2D eigenvalue weighted by Crippen LogP contribution is -2.12. The molecule has 0 spiro atoms. The normalized spacial score (nSPS) is 11.9. The van der Waals surface area contributed by atoms with Crippen molar-refractivity contribution in [3.8, 4) is 0 Å². The zero-order valence-corrected chi connectivity index (χ0v) is 7.18. The van der Waals surface area contributed by atoms with Crippen LogP contribution in [0.3, 0.4) is 0 Å². The first-order valence-electron chi connectivity index (χ1n) is 3.82. The smallest absolute Gasteiger partial charge is 0.288 e. The molecule has 0 aromatic heterocycles. The third-order valence-electron chi connectivity index (χ3n) is 1.67. The molecule has 6 heteroatoms. The highest BCUT2D eigenvalue weighted by molar-refractivity contribution is 5.98. The molecule has 15 heavy (non-hydrogen) atoms. The lowest BCUT2D eigenvalue weighted by atomic mass is 10.1. The number of rotatable bonds is 2. The Balaban J connectivity index is 3.09. The molecule has 0 aliphatic heterocycles. The van der Waals surface area contributed by atoms with E-state index >= 15 is 0 Å². The van der Waals surface area contributed by atoms with Gasteiger partial charge >= 0.3 is 12.6 Å². The molecule has 0 unspecified atom stereocenters.